The highest BCUT2D eigenvalue weighted by molar-refractivity contribution is 6.00. The number of aromatic carboxylic acids is 1. The van der Waals surface area contributed by atoms with Crippen LogP contribution in [0.3, 0.4) is 0 Å². The standard InChI is InChI=1S/C25H22N2O4/c28-23(16-11-18-7-3-1-4-8-18)27-22(17-19-9-5-2-6-10-19)24(29)26-21-14-12-20(13-15-21)25(30)31/h1-16,22H,17H2,(H,26,29)(H,27,28)(H,30,31)/b16-11+/t22-/m0/s1. The summed E-state index contributed by atoms with van der Waals surface area (Å²) >= 11 is 0. The number of carbonyl (C=O) groups excluding carboxylic acids is 2. The quantitative estimate of drug-likeness (QED) is 0.489. The van der Waals surface area contributed by atoms with Crippen molar-refractivity contribution < 1.29 is 19.5 Å². The highest BCUT2D eigenvalue weighted by atomic mass is 16.4. The van der Waals surface area contributed by atoms with E-state index in [4.69, 9.17) is 5.11 Å². The van der Waals surface area contributed by atoms with Gasteiger partial charge in [-0.2, -0.15) is 0 Å². The van der Waals surface area contributed by atoms with Crippen molar-refractivity contribution in [3.8, 4) is 0 Å². The molecule has 0 radical (unpaired) electrons. The third-order valence-electron chi connectivity index (χ3n) is 4.54. The molecule has 6 heteroatoms. The van der Waals surface area contributed by atoms with Gasteiger partial charge in [0.1, 0.15) is 6.04 Å². The molecule has 0 saturated carbocycles. The molecule has 0 saturated heterocycles. The molecule has 0 fully saturated rings. The zero-order valence-corrected chi connectivity index (χ0v) is 16.7. The average molecular weight is 414 g/mol. The Balaban J connectivity index is 1.72. The van der Waals surface area contributed by atoms with Crippen molar-refractivity contribution in [3.05, 3.63) is 108 Å². The Morgan fingerprint density at radius 1 is 0.839 bits per heavy atom. The van der Waals surface area contributed by atoms with Gasteiger partial charge in [0.15, 0.2) is 0 Å². The van der Waals surface area contributed by atoms with Crippen LogP contribution >= 0.6 is 0 Å². The van der Waals surface area contributed by atoms with Crippen LogP contribution in [-0.2, 0) is 16.0 Å². The lowest BCUT2D eigenvalue weighted by Crippen LogP contribution is -2.44. The number of hydrogen-bond acceptors (Lipinski definition) is 3. The molecule has 2 amide bonds. The number of amides is 2. The average Bonchev–Trinajstić information content (AvgIpc) is 2.79. The summed E-state index contributed by atoms with van der Waals surface area (Å²) in [6.07, 6.45) is 3.38. The third-order valence-corrected chi connectivity index (χ3v) is 4.54. The zero-order valence-electron chi connectivity index (χ0n) is 16.7. The summed E-state index contributed by atoms with van der Waals surface area (Å²) < 4.78 is 0. The van der Waals surface area contributed by atoms with Gasteiger partial charge in [-0.15, -0.1) is 0 Å². The van der Waals surface area contributed by atoms with Crippen LogP contribution in [0.25, 0.3) is 6.08 Å². The topological polar surface area (TPSA) is 95.5 Å². The summed E-state index contributed by atoms with van der Waals surface area (Å²) in [5.74, 6) is -1.83. The smallest absolute Gasteiger partial charge is 0.335 e. The fourth-order valence-corrected chi connectivity index (χ4v) is 2.94. The molecule has 0 spiro atoms. The van der Waals surface area contributed by atoms with Crippen molar-refractivity contribution in [2.45, 2.75) is 12.5 Å². The molecule has 0 aliphatic rings. The van der Waals surface area contributed by atoms with Crippen molar-refractivity contribution in [2.75, 3.05) is 5.32 Å². The molecule has 156 valence electrons. The first kappa shape index (κ1) is 21.5. The molecule has 3 aromatic carbocycles. The third kappa shape index (κ3) is 6.68. The van der Waals surface area contributed by atoms with E-state index in [2.05, 4.69) is 10.6 Å². The van der Waals surface area contributed by atoms with Crippen molar-refractivity contribution in [1.82, 2.24) is 5.32 Å². The Labute approximate surface area is 180 Å². The van der Waals surface area contributed by atoms with Gasteiger partial charge in [0.2, 0.25) is 11.8 Å². The van der Waals surface area contributed by atoms with Crippen LogP contribution in [0.5, 0.6) is 0 Å². The maximum atomic E-state index is 12.9. The number of nitrogens with one attached hydrogen (secondary N) is 2. The first-order valence-electron chi connectivity index (χ1n) is 9.73. The minimum Gasteiger partial charge on any atom is -0.478 e. The Morgan fingerprint density at radius 3 is 2.06 bits per heavy atom. The summed E-state index contributed by atoms with van der Waals surface area (Å²) in [5, 5.41) is 14.5. The second-order valence-electron chi connectivity index (χ2n) is 6.87. The number of benzene rings is 3. The molecule has 0 aliphatic carbocycles. The largest absolute Gasteiger partial charge is 0.478 e. The summed E-state index contributed by atoms with van der Waals surface area (Å²) in [6.45, 7) is 0. The van der Waals surface area contributed by atoms with Crippen LogP contribution in [0, 0.1) is 0 Å². The lowest BCUT2D eigenvalue weighted by Gasteiger charge is -2.18. The van der Waals surface area contributed by atoms with Crippen molar-refractivity contribution in [2.24, 2.45) is 0 Å². The molecule has 0 bridgehead atoms. The number of hydrogen-bond donors (Lipinski definition) is 3. The molecule has 6 nitrogen and oxygen atoms in total. The molecular weight excluding hydrogens is 392 g/mol. The number of rotatable bonds is 8. The van der Waals surface area contributed by atoms with Crippen LogP contribution in [0.2, 0.25) is 0 Å². The van der Waals surface area contributed by atoms with Crippen LogP contribution < -0.4 is 10.6 Å². The molecule has 0 unspecified atom stereocenters. The molecule has 31 heavy (non-hydrogen) atoms. The van der Waals surface area contributed by atoms with Crippen LogP contribution in [-0.4, -0.2) is 28.9 Å². The van der Waals surface area contributed by atoms with Gasteiger partial charge in [-0.25, -0.2) is 4.79 Å². The second-order valence-corrected chi connectivity index (χ2v) is 6.87. The van der Waals surface area contributed by atoms with Gasteiger partial charge < -0.3 is 15.7 Å². The summed E-state index contributed by atoms with van der Waals surface area (Å²) in [4.78, 5) is 36.3. The van der Waals surface area contributed by atoms with Gasteiger partial charge in [0.25, 0.3) is 0 Å². The Hall–Kier alpha value is -4.19. The van der Waals surface area contributed by atoms with E-state index in [1.54, 1.807) is 6.08 Å². The molecular formula is C25H22N2O4. The fraction of sp³-hybridized carbons (Fsp3) is 0.0800. The van der Waals surface area contributed by atoms with E-state index in [1.807, 2.05) is 60.7 Å². The highest BCUT2D eigenvalue weighted by Crippen LogP contribution is 2.12. The maximum Gasteiger partial charge on any atom is 0.335 e. The van der Waals surface area contributed by atoms with E-state index in [0.29, 0.717) is 12.1 Å². The van der Waals surface area contributed by atoms with E-state index in [-0.39, 0.29) is 11.5 Å². The predicted octanol–water partition coefficient (Wildman–Crippen LogP) is 3.76. The minimum atomic E-state index is -1.04. The normalized spacial score (nSPS) is 11.6. The van der Waals surface area contributed by atoms with Crippen LogP contribution in [0.4, 0.5) is 5.69 Å². The van der Waals surface area contributed by atoms with Gasteiger partial charge in [-0.3, -0.25) is 9.59 Å². The molecule has 1 atom stereocenters. The van der Waals surface area contributed by atoms with Gasteiger partial charge in [0, 0.05) is 18.2 Å². The molecule has 3 rings (SSSR count). The zero-order chi connectivity index (χ0) is 22.1. The summed E-state index contributed by atoms with van der Waals surface area (Å²) in [5.41, 5.74) is 2.34. The number of carboxylic acids is 1. The molecule has 0 aromatic heterocycles. The predicted molar refractivity (Wildman–Crippen MR) is 120 cm³/mol. The fourth-order valence-electron chi connectivity index (χ4n) is 2.94. The molecule has 3 aromatic rings. The van der Waals surface area contributed by atoms with E-state index in [0.717, 1.165) is 11.1 Å². The minimum absolute atomic E-state index is 0.123. The van der Waals surface area contributed by atoms with Crippen LogP contribution in [0.1, 0.15) is 21.5 Å². The first-order chi connectivity index (χ1) is 15.0. The second kappa shape index (κ2) is 10.5. The number of anilines is 1. The summed E-state index contributed by atoms with van der Waals surface area (Å²) in [7, 11) is 0. The molecule has 3 N–H and O–H groups in total. The van der Waals surface area contributed by atoms with Gasteiger partial charge in [0.05, 0.1) is 5.56 Å². The summed E-state index contributed by atoms with van der Waals surface area (Å²) in [6, 6.07) is 23.8. The number of carbonyl (C=O) groups is 3. The lowest BCUT2D eigenvalue weighted by atomic mass is 10.0. The van der Waals surface area contributed by atoms with E-state index in [9.17, 15) is 14.4 Å². The highest BCUT2D eigenvalue weighted by Gasteiger charge is 2.21. The van der Waals surface area contributed by atoms with Crippen molar-refractivity contribution >= 4 is 29.5 Å². The molecule has 0 heterocycles. The first-order valence-corrected chi connectivity index (χ1v) is 9.73. The Kier molecular flexibility index (Phi) is 7.32. The Bertz CT molecular complexity index is 1060. The Morgan fingerprint density at radius 2 is 1.45 bits per heavy atom. The molecule has 0 aliphatic heterocycles. The lowest BCUT2D eigenvalue weighted by molar-refractivity contribution is -0.123. The van der Waals surface area contributed by atoms with Gasteiger partial charge >= 0.3 is 5.97 Å². The monoisotopic (exact) mass is 414 g/mol. The van der Waals surface area contributed by atoms with Crippen molar-refractivity contribution in [3.63, 3.8) is 0 Å². The maximum absolute atomic E-state index is 12.9. The van der Waals surface area contributed by atoms with Crippen LogP contribution in [0.15, 0.2) is 91.0 Å². The van der Waals surface area contributed by atoms with Gasteiger partial charge in [-0.1, -0.05) is 60.7 Å². The number of carboxylic acid groups (broad SMARTS) is 1. The van der Waals surface area contributed by atoms with E-state index >= 15 is 0 Å². The van der Waals surface area contributed by atoms with Gasteiger partial charge in [-0.05, 0) is 41.5 Å². The SMILES string of the molecule is O=C(/C=C/c1ccccc1)N[C@@H](Cc1ccccc1)C(=O)Nc1ccc(C(=O)O)cc1. The van der Waals surface area contributed by atoms with Crippen molar-refractivity contribution in [1.29, 1.82) is 0 Å². The van der Waals surface area contributed by atoms with E-state index in [1.165, 1.54) is 30.3 Å². The van der Waals surface area contributed by atoms with E-state index < -0.39 is 17.9 Å².